The number of para-hydroxylation sites is 1. The van der Waals surface area contributed by atoms with Gasteiger partial charge in [-0.2, -0.15) is 4.31 Å². The Bertz CT molecular complexity index is 956. The number of benzene rings is 1. The Morgan fingerprint density at radius 1 is 0.966 bits per heavy atom. The Morgan fingerprint density at radius 3 is 2.34 bits per heavy atom. The van der Waals surface area contributed by atoms with E-state index in [1.54, 1.807) is 6.07 Å². The molecule has 1 aromatic carbocycles. The molecule has 6 nitrogen and oxygen atoms in total. The first-order valence-corrected chi connectivity index (χ1v) is 12.5. The molecule has 0 spiro atoms. The van der Waals surface area contributed by atoms with Crippen molar-refractivity contribution in [2.24, 2.45) is 0 Å². The molecule has 1 amide bonds. The van der Waals surface area contributed by atoms with Gasteiger partial charge in [-0.25, -0.2) is 8.42 Å². The van der Waals surface area contributed by atoms with Gasteiger partial charge in [-0.3, -0.25) is 4.79 Å². The number of amides is 1. The summed E-state index contributed by atoms with van der Waals surface area (Å²) in [6.45, 7) is 3.07. The van der Waals surface area contributed by atoms with Gasteiger partial charge in [0.25, 0.3) is 10.0 Å². The molecule has 2 aliphatic heterocycles. The minimum absolute atomic E-state index is 0.0800. The lowest BCUT2D eigenvalue weighted by Crippen LogP contribution is -2.57. The number of anilines is 1. The zero-order valence-electron chi connectivity index (χ0n) is 16.0. The van der Waals surface area contributed by atoms with E-state index in [9.17, 15) is 13.2 Å². The van der Waals surface area contributed by atoms with Gasteiger partial charge >= 0.3 is 0 Å². The number of thiophene rings is 1. The summed E-state index contributed by atoms with van der Waals surface area (Å²) < 4.78 is 28.3. The summed E-state index contributed by atoms with van der Waals surface area (Å²) in [6, 6.07) is 12.6. The predicted molar refractivity (Wildman–Crippen MR) is 116 cm³/mol. The molecule has 0 radical (unpaired) electrons. The second kappa shape index (κ2) is 8.63. The van der Waals surface area contributed by atoms with E-state index in [1.807, 2.05) is 23.1 Å². The van der Waals surface area contributed by atoms with Crippen LogP contribution in [-0.2, 0) is 14.8 Å². The average Bonchev–Trinajstić information content (AvgIpc) is 3.21. The van der Waals surface area contributed by atoms with Gasteiger partial charge in [0.1, 0.15) is 10.3 Å². The first-order valence-electron chi connectivity index (χ1n) is 9.83. The van der Waals surface area contributed by atoms with Crippen molar-refractivity contribution in [3.63, 3.8) is 0 Å². The van der Waals surface area contributed by atoms with Crippen LogP contribution in [0.25, 0.3) is 0 Å². The number of nitrogens with zero attached hydrogens (tertiary/aromatic N) is 3. The highest BCUT2D eigenvalue weighted by molar-refractivity contribution is 7.91. The molecule has 2 fully saturated rings. The van der Waals surface area contributed by atoms with Crippen LogP contribution in [0, 0.1) is 0 Å². The second-order valence-electron chi connectivity index (χ2n) is 7.33. The Labute approximate surface area is 180 Å². The number of rotatable bonds is 4. The highest BCUT2D eigenvalue weighted by atomic mass is 35.5. The molecule has 9 heteroatoms. The maximum absolute atomic E-state index is 13.3. The lowest BCUT2D eigenvalue weighted by molar-refractivity contribution is -0.136. The Morgan fingerprint density at radius 2 is 1.69 bits per heavy atom. The van der Waals surface area contributed by atoms with E-state index in [2.05, 4.69) is 17.0 Å². The summed E-state index contributed by atoms with van der Waals surface area (Å²) in [5, 5.41) is 0. The zero-order chi connectivity index (χ0) is 20.4. The number of hydrogen-bond donors (Lipinski definition) is 0. The van der Waals surface area contributed by atoms with Crippen LogP contribution in [0.4, 0.5) is 5.69 Å². The molecule has 156 valence electrons. The van der Waals surface area contributed by atoms with Crippen LogP contribution in [0.5, 0.6) is 0 Å². The van der Waals surface area contributed by atoms with E-state index in [0.717, 1.165) is 43.0 Å². The zero-order valence-corrected chi connectivity index (χ0v) is 18.4. The van der Waals surface area contributed by atoms with Gasteiger partial charge in [-0.15, -0.1) is 11.3 Å². The Hall–Kier alpha value is -1.61. The molecular formula is C20H24ClN3O3S2. The van der Waals surface area contributed by atoms with E-state index in [4.69, 9.17) is 11.6 Å². The van der Waals surface area contributed by atoms with Crippen LogP contribution in [0.1, 0.15) is 19.3 Å². The number of piperazine rings is 1. The molecule has 0 aliphatic carbocycles. The van der Waals surface area contributed by atoms with Crippen LogP contribution in [0.3, 0.4) is 0 Å². The van der Waals surface area contributed by atoms with E-state index in [-0.39, 0.29) is 10.1 Å². The minimum Gasteiger partial charge on any atom is -0.368 e. The third-order valence-electron chi connectivity index (χ3n) is 5.56. The third-order valence-corrected chi connectivity index (χ3v) is 9.17. The number of carbonyl (C=O) groups is 1. The molecule has 0 N–H and O–H groups in total. The maximum Gasteiger partial charge on any atom is 0.253 e. The number of halogens is 1. The Kier molecular flexibility index (Phi) is 6.15. The molecule has 29 heavy (non-hydrogen) atoms. The van der Waals surface area contributed by atoms with Gasteiger partial charge in [0, 0.05) is 38.4 Å². The topological polar surface area (TPSA) is 60.9 Å². The minimum atomic E-state index is -3.72. The SMILES string of the molecule is O=C([C@H]1CCCCN1S(=O)(=O)c1ccc(Cl)s1)N1CCN(c2ccccc2)CC1. The van der Waals surface area contributed by atoms with Crippen LogP contribution in [0.2, 0.25) is 4.34 Å². The van der Waals surface area contributed by atoms with Crippen molar-refractivity contribution in [1.82, 2.24) is 9.21 Å². The number of sulfonamides is 1. The average molecular weight is 454 g/mol. The van der Waals surface area contributed by atoms with Gasteiger partial charge in [0.05, 0.1) is 4.34 Å². The molecule has 2 saturated heterocycles. The van der Waals surface area contributed by atoms with Crippen molar-refractivity contribution in [2.75, 3.05) is 37.6 Å². The van der Waals surface area contributed by atoms with Crippen molar-refractivity contribution in [1.29, 1.82) is 0 Å². The van der Waals surface area contributed by atoms with E-state index < -0.39 is 16.1 Å². The fourth-order valence-corrected chi connectivity index (χ4v) is 7.29. The lowest BCUT2D eigenvalue weighted by Gasteiger charge is -2.40. The normalized spacial score (nSPS) is 21.3. The van der Waals surface area contributed by atoms with Crippen LogP contribution in [-0.4, -0.2) is 62.3 Å². The van der Waals surface area contributed by atoms with Gasteiger partial charge in [-0.05, 0) is 37.1 Å². The molecule has 0 bridgehead atoms. The molecule has 0 unspecified atom stereocenters. The van der Waals surface area contributed by atoms with Crippen molar-refractivity contribution < 1.29 is 13.2 Å². The molecule has 0 saturated carbocycles. The summed E-state index contributed by atoms with van der Waals surface area (Å²) in [7, 11) is -3.72. The van der Waals surface area contributed by atoms with E-state index in [0.29, 0.717) is 30.4 Å². The predicted octanol–water partition coefficient (Wildman–Crippen LogP) is 3.29. The molecule has 1 atom stereocenters. The summed E-state index contributed by atoms with van der Waals surface area (Å²) in [5.74, 6) is -0.0800. The number of piperidine rings is 1. The standard InChI is InChI=1S/C20H24ClN3O3S2/c21-18-9-10-19(28-18)29(26,27)24-11-5-4-8-17(24)20(25)23-14-12-22(13-15-23)16-6-2-1-3-7-16/h1-3,6-7,9-10,17H,4-5,8,11-15H2/t17-/m1/s1. The first-order chi connectivity index (χ1) is 14.0. The van der Waals surface area contributed by atoms with Gasteiger partial charge < -0.3 is 9.80 Å². The number of carbonyl (C=O) groups excluding carboxylic acids is 1. The monoisotopic (exact) mass is 453 g/mol. The fraction of sp³-hybridized carbons (Fsp3) is 0.450. The van der Waals surface area contributed by atoms with Crippen molar-refractivity contribution >= 4 is 44.6 Å². The maximum atomic E-state index is 13.3. The van der Waals surface area contributed by atoms with Crippen molar-refractivity contribution in [3.8, 4) is 0 Å². The van der Waals surface area contributed by atoms with E-state index >= 15 is 0 Å². The van der Waals surface area contributed by atoms with Gasteiger partial charge in [-0.1, -0.05) is 36.2 Å². The lowest BCUT2D eigenvalue weighted by atomic mass is 10.0. The quantitative estimate of drug-likeness (QED) is 0.712. The largest absolute Gasteiger partial charge is 0.368 e. The molecule has 1 aromatic heterocycles. The van der Waals surface area contributed by atoms with Gasteiger partial charge in [0.2, 0.25) is 5.91 Å². The van der Waals surface area contributed by atoms with Crippen LogP contribution >= 0.6 is 22.9 Å². The second-order valence-corrected chi connectivity index (χ2v) is 11.2. The molecule has 4 rings (SSSR count). The molecule has 2 aliphatic rings. The summed E-state index contributed by atoms with van der Waals surface area (Å²) >= 11 is 6.99. The third kappa shape index (κ3) is 4.30. The highest BCUT2D eigenvalue weighted by Crippen LogP contribution is 2.32. The molecule has 2 aromatic rings. The van der Waals surface area contributed by atoms with Crippen molar-refractivity contribution in [2.45, 2.75) is 29.5 Å². The van der Waals surface area contributed by atoms with Gasteiger partial charge in [0.15, 0.2) is 0 Å². The summed E-state index contributed by atoms with van der Waals surface area (Å²) in [5.41, 5.74) is 1.15. The smallest absolute Gasteiger partial charge is 0.253 e. The van der Waals surface area contributed by atoms with Crippen molar-refractivity contribution in [3.05, 3.63) is 46.8 Å². The number of hydrogen-bond acceptors (Lipinski definition) is 5. The fourth-order valence-electron chi connectivity index (χ4n) is 4.03. The summed E-state index contributed by atoms with van der Waals surface area (Å²) in [6.07, 6.45) is 2.19. The molecular weight excluding hydrogens is 430 g/mol. The van der Waals surface area contributed by atoms with Crippen LogP contribution < -0.4 is 4.90 Å². The Balaban J connectivity index is 1.47. The van der Waals surface area contributed by atoms with Crippen LogP contribution in [0.15, 0.2) is 46.7 Å². The van der Waals surface area contributed by atoms with E-state index in [1.165, 1.54) is 10.4 Å². The summed E-state index contributed by atoms with van der Waals surface area (Å²) in [4.78, 5) is 17.3. The highest BCUT2D eigenvalue weighted by Gasteiger charge is 2.40. The first kappa shape index (κ1) is 20.7. The molecule has 3 heterocycles.